The molecule has 6 nitrogen and oxygen atoms in total. The normalized spacial score (nSPS) is 18.5. The lowest BCUT2D eigenvalue weighted by atomic mass is 9.89. The quantitative estimate of drug-likeness (QED) is 0.301. The molecule has 0 spiro atoms. The van der Waals surface area contributed by atoms with E-state index in [0.29, 0.717) is 12.3 Å². The largest absolute Gasteiger partial charge is 0.489 e. The lowest BCUT2D eigenvalue weighted by Gasteiger charge is -2.27. The molecule has 1 heterocycles. The van der Waals surface area contributed by atoms with Gasteiger partial charge in [-0.3, -0.25) is 14.9 Å². The van der Waals surface area contributed by atoms with Crippen molar-refractivity contribution in [3.8, 4) is 5.75 Å². The first-order chi connectivity index (χ1) is 18.7. The summed E-state index contributed by atoms with van der Waals surface area (Å²) in [6, 6.07) is 22.7. The summed E-state index contributed by atoms with van der Waals surface area (Å²) in [7, 11) is 0. The molecule has 0 saturated carbocycles. The first-order valence-electron chi connectivity index (χ1n) is 12.9. The predicted octanol–water partition coefficient (Wildman–Crippen LogP) is 6.45. The van der Waals surface area contributed by atoms with Crippen molar-refractivity contribution in [3.63, 3.8) is 0 Å². The number of ether oxygens (including phenoxy) is 1. The number of benzene rings is 3. The monoisotopic (exact) mass is 518 g/mol. The fourth-order valence-electron chi connectivity index (χ4n) is 5.24. The Bertz CT molecular complexity index is 1540. The number of hydrogen-bond acceptors (Lipinski definition) is 4. The van der Waals surface area contributed by atoms with Crippen molar-refractivity contribution in [2.75, 3.05) is 4.90 Å². The highest BCUT2D eigenvalue weighted by molar-refractivity contribution is 6.37. The lowest BCUT2D eigenvalue weighted by Crippen LogP contribution is -2.54. The maximum atomic E-state index is 13.4. The minimum absolute atomic E-state index is 0.0129. The molecular formula is C33H30N2O4. The van der Waals surface area contributed by atoms with Gasteiger partial charge in [-0.25, -0.2) is 9.69 Å². The van der Waals surface area contributed by atoms with Crippen LogP contribution >= 0.6 is 0 Å². The summed E-state index contributed by atoms with van der Waals surface area (Å²) in [6.07, 6.45) is 3.58. The number of urea groups is 1. The zero-order chi connectivity index (χ0) is 27.7. The van der Waals surface area contributed by atoms with Gasteiger partial charge in [0.2, 0.25) is 0 Å². The summed E-state index contributed by atoms with van der Waals surface area (Å²) >= 11 is 0. The van der Waals surface area contributed by atoms with Gasteiger partial charge in [0, 0.05) is 5.92 Å². The van der Waals surface area contributed by atoms with Crippen LogP contribution in [0.15, 0.2) is 107 Å². The molecule has 196 valence electrons. The molecule has 1 fully saturated rings. The number of allylic oxidation sites excluding steroid dienone is 5. The smallest absolute Gasteiger partial charge is 0.335 e. The van der Waals surface area contributed by atoms with Crippen molar-refractivity contribution in [3.05, 3.63) is 129 Å². The van der Waals surface area contributed by atoms with Crippen molar-refractivity contribution in [1.82, 2.24) is 5.32 Å². The van der Waals surface area contributed by atoms with Gasteiger partial charge < -0.3 is 4.74 Å². The second kappa shape index (κ2) is 10.6. The van der Waals surface area contributed by atoms with Gasteiger partial charge in [0.25, 0.3) is 11.8 Å². The summed E-state index contributed by atoms with van der Waals surface area (Å²) in [4.78, 5) is 39.8. The maximum Gasteiger partial charge on any atom is 0.335 e. The molecule has 1 aliphatic heterocycles. The minimum atomic E-state index is -0.747. The lowest BCUT2D eigenvalue weighted by molar-refractivity contribution is -0.122. The highest BCUT2D eigenvalue weighted by Gasteiger charge is 2.37. The van der Waals surface area contributed by atoms with E-state index in [9.17, 15) is 14.4 Å². The number of amides is 4. The molecule has 0 radical (unpaired) electrons. The second-order valence-electron chi connectivity index (χ2n) is 10.1. The van der Waals surface area contributed by atoms with E-state index >= 15 is 0 Å². The first kappa shape index (κ1) is 25.9. The van der Waals surface area contributed by atoms with Crippen LogP contribution in [0.4, 0.5) is 10.5 Å². The summed E-state index contributed by atoms with van der Waals surface area (Å²) < 4.78 is 5.93. The van der Waals surface area contributed by atoms with E-state index in [1.165, 1.54) is 0 Å². The van der Waals surface area contributed by atoms with Crippen LogP contribution in [0, 0.1) is 13.8 Å². The van der Waals surface area contributed by atoms with Crippen LogP contribution in [-0.2, 0) is 16.2 Å². The van der Waals surface area contributed by atoms with Crippen molar-refractivity contribution in [1.29, 1.82) is 0 Å². The highest BCUT2D eigenvalue weighted by Crippen LogP contribution is 2.40. The van der Waals surface area contributed by atoms with E-state index in [1.54, 1.807) is 18.2 Å². The minimum Gasteiger partial charge on any atom is -0.489 e. The number of nitrogens with zero attached hydrogens (tertiary/aromatic N) is 1. The summed E-state index contributed by atoms with van der Waals surface area (Å²) in [6.45, 7) is 8.33. The maximum absolute atomic E-state index is 13.4. The molecule has 1 atom stereocenters. The number of carbonyl (C=O) groups is 3. The number of anilines is 1. The number of aryl methyl sites for hydroxylation is 2. The molecule has 4 amide bonds. The molecule has 3 aromatic carbocycles. The molecule has 0 unspecified atom stereocenters. The molecule has 2 aliphatic rings. The predicted molar refractivity (Wildman–Crippen MR) is 151 cm³/mol. The molecule has 1 N–H and O–H groups in total. The van der Waals surface area contributed by atoms with E-state index < -0.39 is 17.8 Å². The first-order valence-corrected chi connectivity index (χ1v) is 12.9. The Hall–Kier alpha value is -4.71. The summed E-state index contributed by atoms with van der Waals surface area (Å²) in [5.74, 6) is -0.533. The summed E-state index contributed by atoms with van der Waals surface area (Å²) in [5, 5.41) is 2.32. The number of nitrogens with one attached hydrogen (secondary N) is 1. The SMILES string of the molecule is CC1=CC(/C=C2\C(=O)NC(=O)N(c3cc(C)cc(C)c3)C2=O)=C(C)[C@@H]1c1ccc(OCc2ccccc2)cc1. The number of rotatable bonds is 6. The van der Waals surface area contributed by atoms with E-state index in [0.717, 1.165) is 49.6 Å². The van der Waals surface area contributed by atoms with Gasteiger partial charge >= 0.3 is 6.03 Å². The Labute approximate surface area is 228 Å². The van der Waals surface area contributed by atoms with E-state index in [1.807, 2.05) is 94.4 Å². The van der Waals surface area contributed by atoms with Crippen LogP contribution in [0.25, 0.3) is 0 Å². The number of imide groups is 2. The van der Waals surface area contributed by atoms with Crippen LogP contribution in [0.1, 0.15) is 42.0 Å². The van der Waals surface area contributed by atoms with Gasteiger partial charge in [0.1, 0.15) is 17.9 Å². The van der Waals surface area contributed by atoms with Crippen molar-refractivity contribution in [2.45, 2.75) is 40.2 Å². The topological polar surface area (TPSA) is 75.7 Å². The third kappa shape index (κ3) is 5.32. The van der Waals surface area contributed by atoms with Crippen molar-refractivity contribution >= 4 is 23.5 Å². The average molecular weight is 519 g/mol. The summed E-state index contributed by atoms with van der Waals surface area (Å²) in [5.41, 5.74) is 7.30. The zero-order valence-corrected chi connectivity index (χ0v) is 22.4. The van der Waals surface area contributed by atoms with Crippen LogP contribution in [-0.4, -0.2) is 17.8 Å². The Morgan fingerprint density at radius 1 is 0.872 bits per heavy atom. The second-order valence-corrected chi connectivity index (χ2v) is 10.1. The molecule has 39 heavy (non-hydrogen) atoms. The molecule has 0 bridgehead atoms. The standard InChI is InChI=1S/C33H30N2O4/c1-20-14-21(2)16-27(15-20)35-32(37)29(31(36)34-33(35)38)18-26-17-22(3)30(23(26)4)25-10-12-28(13-11-25)39-19-24-8-6-5-7-9-24/h5-18,30H,19H2,1-4H3,(H,34,36,38)/b29-18+/t30-/m1/s1. The van der Waals surface area contributed by atoms with E-state index in [2.05, 4.69) is 5.32 Å². The van der Waals surface area contributed by atoms with Crippen LogP contribution in [0.3, 0.4) is 0 Å². The van der Waals surface area contributed by atoms with Crippen molar-refractivity contribution in [2.24, 2.45) is 0 Å². The molecule has 1 aliphatic carbocycles. The zero-order valence-electron chi connectivity index (χ0n) is 22.4. The van der Waals surface area contributed by atoms with Gasteiger partial charge in [-0.15, -0.1) is 0 Å². The van der Waals surface area contributed by atoms with Gasteiger partial charge in [0.05, 0.1) is 5.69 Å². The van der Waals surface area contributed by atoms with E-state index in [4.69, 9.17) is 4.74 Å². The Kier molecular flexibility index (Phi) is 7.03. The fraction of sp³-hybridized carbons (Fsp3) is 0.182. The molecule has 5 rings (SSSR count). The third-order valence-corrected chi connectivity index (χ3v) is 7.05. The Morgan fingerprint density at radius 2 is 1.54 bits per heavy atom. The van der Waals surface area contributed by atoms with Crippen LogP contribution < -0.4 is 15.0 Å². The van der Waals surface area contributed by atoms with Crippen LogP contribution in [0.2, 0.25) is 0 Å². The van der Waals surface area contributed by atoms with Gasteiger partial charge in [-0.1, -0.05) is 65.8 Å². The number of barbiturate groups is 1. The molecule has 6 heteroatoms. The van der Waals surface area contributed by atoms with Crippen LogP contribution in [0.5, 0.6) is 5.75 Å². The Morgan fingerprint density at radius 3 is 2.21 bits per heavy atom. The third-order valence-electron chi connectivity index (χ3n) is 7.05. The van der Waals surface area contributed by atoms with Gasteiger partial charge in [-0.2, -0.15) is 0 Å². The van der Waals surface area contributed by atoms with Gasteiger partial charge in [0.15, 0.2) is 0 Å². The molecule has 3 aromatic rings. The Balaban J connectivity index is 1.39. The highest BCUT2D eigenvalue weighted by atomic mass is 16.5. The van der Waals surface area contributed by atoms with Crippen molar-refractivity contribution < 1.29 is 19.1 Å². The van der Waals surface area contributed by atoms with E-state index in [-0.39, 0.29) is 11.5 Å². The molecule has 1 saturated heterocycles. The van der Waals surface area contributed by atoms with Gasteiger partial charge in [-0.05, 0) is 85.9 Å². The molecular weight excluding hydrogens is 488 g/mol. The molecule has 0 aromatic heterocycles. The number of hydrogen-bond donors (Lipinski definition) is 1. The average Bonchev–Trinajstić information content (AvgIpc) is 3.18. The number of carbonyl (C=O) groups excluding carboxylic acids is 3. The fourth-order valence-corrected chi connectivity index (χ4v) is 5.24.